The van der Waals surface area contributed by atoms with Gasteiger partial charge in [0, 0.05) is 23.1 Å². The molecule has 1 aliphatic rings. The number of aliphatic carboxylic acids is 1. The van der Waals surface area contributed by atoms with Gasteiger partial charge in [0.15, 0.2) is 0 Å². The fraction of sp³-hybridized carbons (Fsp3) is 0.412. The molecule has 1 heterocycles. The molecule has 0 bridgehead atoms. The molecular formula is C17H20N2O3. The van der Waals surface area contributed by atoms with E-state index in [1.54, 1.807) is 11.8 Å². The van der Waals surface area contributed by atoms with Crippen molar-refractivity contribution in [2.24, 2.45) is 0 Å². The summed E-state index contributed by atoms with van der Waals surface area (Å²) in [5.41, 5.74) is 3.05. The van der Waals surface area contributed by atoms with Crippen LogP contribution in [-0.4, -0.2) is 39.0 Å². The highest BCUT2D eigenvalue weighted by molar-refractivity contribution is 5.92. The number of aromatic nitrogens is 1. The molecule has 1 atom stereocenters. The van der Waals surface area contributed by atoms with Crippen molar-refractivity contribution in [3.8, 4) is 0 Å². The van der Waals surface area contributed by atoms with E-state index in [0.717, 1.165) is 34.9 Å². The number of nitrogens with one attached hydrogen (secondary N) is 1. The van der Waals surface area contributed by atoms with E-state index in [1.165, 1.54) is 0 Å². The predicted octanol–water partition coefficient (Wildman–Crippen LogP) is 2.48. The molecule has 1 unspecified atom stereocenters. The molecule has 0 saturated heterocycles. The lowest BCUT2D eigenvalue weighted by Gasteiger charge is -2.26. The molecular weight excluding hydrogens is 280 g/mol. The van der Waals surface area contributed by atoms with Crippen LogP contribution in [-0.2, 0) is 16.0 Å². The third-order valence-electron chi connectivity index (χ3n) is 4.34. The summed E-state index contributed by atoms with van der Waals surface area (Å²) in [5, 5.41) is 10.3. The third kappa shape index (κ3) is 2.58. The van der Waals surface area contributed by atoms with Crippen LogP contribution in [0.25, 0.3) is 10.9 Å². The maximum Gasteiger partial charge on any atom is 0.326 e. The van der Waals surface area contributed by atoms with Crippen LogP contribution in [0.15, 0.2) is 24.4 Å². The van der Waals surface area contributed by atoms with Crippen molar-refractivity contribution in [1.29, 1.82) is 0 Å². The van der Waals surface area contributed by atoms with Crippen molar-refractivity contribution >= 4 is 22.8 Å². The van der Waals surface area contributed by atoms with Crippen LogP contribution in [0.5, 0.6) is 0 Å². The van der Waals surface area contributed by atoms with E-state index in [9.17, 15) is 14.7 Å². The Morgan fingerprint density at radius 2 is 2.14 bits per heavy atom. The van der Waals surface area contributed by atoms with E-state index < -0.39 is 12.0 Å². The highest BCUT2D eigenvalue weighted by atomic mass is 16.4. The predicted molar refractivity (Wildman–Crippen MR) is 83.7 cm³/mol. The Bertz CT molecular complexity index is 731. The fourth-order valence-corrected chi connectivity index (χ4v) is 3.05. The van der Waals surface area contributed by atoms with Crippen molar-refractivity contribution in [2.75, 3.05) is 0 Å². The summed E-state index contributed by atoms with van der Waals surface area (Å²) in [6.07, 6.45) is 3.89. The molecule has 22 heavy (non-hydrogen) atoms. The molecule has 1 aromatic heterocycles. The molecule has 0 spiro atoms. The lowest BCUT2D eigenvalue weighted by molar-refractivity contribution is -0.149. The molecule has 1 fully saturated rings. The van der Waals surface area contributed by atoms with E-state index in [-0.39, 0.29) is 18.4 Å². The SMILES string of the molecule is Cc1cccc2[nH]cc(CC(=O)N(C3CC3)C(C)C(=O)O)c12. The number of carbonyl (C=O) groups excluding carboxylic acids is 1. The minimum atomic E-state index is -0.949. The van der Waals surface area contributed by atoms with Gasteiger partial charge in [-0.05, 0) is 43.9 Å². The standard InChI is InChI=1S/C17H20N2O3/c1-10-4-3-5-14-16(10)12(9-18-14)8-15(20)19(13-6-7-13)11(2)17(21)22/h3-5,9,11,13,18H,6-8H2,1-2H3,(H,21,22). The average Bonchev–Trinajstić information content (AvgIpc) is 3.20. The van der Waals surface area contributed by atoms with Crippen LogP contribution >= 0.6 is 0 Å². The summed E-state index contributed by atoms with van der Waals surface area (Å²) in [6.45, 7) is 3.60. The fourth-order valence-electron chi connectivity index (χ4n) is 3.05. The lowest BCUT2D eigenvalue weighted by Crippen LogP contribution is -2.45. The minimum absolute atomic E-state index is 0.0879. The molecule has 1 saturated carbocycles. The monoisotopic (exact) mass is 300 g/mol. The second-order valence-electron chi connectivity index (χ2n) is 6.03. The lowest BCUT2D eigenvalue weighted by atomic mass is 10.0. The van der Waals surface area contributed by atoms with Crippen molar-refractivity contribution in [3.63, 3.8) is 0 Å². The number of rotatable bonds is 5. The molecule has 1 aliphatic carbocycles. The topological polar surface area (TPSA) is 73.4 Å². The molecule has 116 valence electrons. The summed E-state index contributed by atoms with van der Waals surface area (Å²) < 4.78 is 0. The van der Waals surface area contributed by atoms with Crippen molar-refractivity contribution < 1.29 is 14.7 Å². The van der Waals surface area contributed by atoms with Gasteiger partial charge in [0.05, 0.1) is 6.42 Å². The van der Waals surface area contributed by atoms with Gasteiger partial charge in [-0.25, -0.2) is 4.79 Å². The smallest absolute Gasteiger partial charge is 0.326 e. The van der Waals surface area contributed by atoms with Gasteiger partial charge >= 0.3 is 5.97 Å². The first-order valence-electron chi connectivity index (χ1n) is 7.58. The quantitative estimate of drug-likeness (QED) is 0.891. The number of benzene rings is 1. The number of hydrogen-bond acceptors (Lipinski definition) is 2. The number of fused-ring (bicyclic) bond motifs is 1. The number of carbonyl (C=O) groups is 2. The second kappa shape index (κ2) is 5.48. The van der Waals surface area contributed by atoms with Gasteiger partial charge in [-0.1, -0.05) is 12.1 Å². The zero-order chi connectivity index (χ0) is 15.9. The number of H-pyrrole nitrogens is 1. The number of aryl methyl sites for hydroxylation is 1. The van der Waals surface area contributed by atoms with Gasteiger partial charge in [-0.15, -0.1) is 0 Å². The Labute approximate surface area is 128 Å². The van der Waals surface area contributed by atoms with E-state index >= 15 is 0 Å². The number of carboxylic acids is 1. The van der Waals surface area contributed by atoms with Gasteiger partial charge < -0.3 is 15.0 Å². The first kappa shape index (κ1) is 14.6. The Morgan fingerprint density at radius 3 is 2.77 bits per heavy atom. The first-order chi connectivity index (χ1) is 10.5. The van der Waals surface area contributed by atoms with E-state index in [1.807, 2.05) is 31.3 Å². The normalized spacial score (nSPS) is 15.7. The Morgan fingerprint density at radius 1 is 1.41 bits per heavy atom. The van der Waals surface area contributed by atoms with Gasteiger partial charge in [0.25, 0.3) is 0 Å². The molecule has 1 amide bonds. The van der Waals surface area contributed by atoms with E-state index in [0.29, 0.717) is 0 Å². The maximum absolute atomic E-state index is 12.6. The highest BCUT2D eigenvalue weighted by Gasteiger charge is 2.38. The van der Waals surface area contributed by atoms with Crippen molar-refractivity contribution in [2.45, 2.75) is 45.2 Å². The molecule has 2 N–H and O–H groups in total. The van der Waals surface area contributed by atoms with Gasteiger partial charge in [-0.3, -0.25) is 4.79 Å². The number of amides is 1. The van der Waals surface area contributed by atoms with Gasteiger partial charge in [0.2, 0.25) is 5.91 Å². The zero-order valence-corrected chi connectivity index (χ0v) is 12.8. The van der Waals surface area contributed by atoms with Crippen LogP contribution in [0.3, 0.4) is 0 Å². The molecule has 0 radical (unpaired) electrons. The summed E-state index contributed by atoms with van der Waals surface area (Å²) in [6, 6.07) is 5.29. The second-order valence-corrected chi connectivity index (χ2v) is 6.03. The number of carboxylic acid groups (broad SMARTS) is 1. The van der Waals surface area contributed by atoms with Crippen LogP contribution in [0.4, 0.5) is 0 Å². The van der Waals surface area contributed by atoms with Crippen LogP contribution in [0.1, 0.15) is 30.9 Å². The molecule has 3 rings (SSSR count). The molecule has 5 nitrogen and oxygen atoms in total. The number of hydrogen-bond donors (Lipinski definition) is 2. The Balaban J connectivity index is 1.87. The summed E-state index contributed by atoms with van der Waals surface area (Å²) >= 11 is 0. The maximum atomic E-state index is 12.6. The van der Waals surface area contributed by atoms with Crippen LogP contribution in [0, 0.1) is 6.92 Å². The summed E-state index contributed by atoms with van der Waals surface area (Å²) in [5.74, 6) is -1.06. The molecule has 1 aromatic carbocycles. The zero-order valence-electron chi connectivity index (χ0n) is 12.8. The summed E-state index contributed by atoms with van der Waals surface area (Å²) in [4.78, 5) is 28.6. The first-order valence-corrected chi connectivity index (χ1v) is 7.58. The van der Waals surface area contributed by atoms with Gasteiger partial charge in [-0.2, -0.15) is 0 Å². The molecule has 5 heteroatoms. The Kier molecular flexibility index (Phi) is 3.64. The van der Waals surface area contributed by atoms with Gasteiger partial charge in [0.1, 0.15) is 6.04 Å². The molecule has 0 aliphatic heterocycles. The third-order valence-corrected chi connectivity index (χ3v) is 4.34. The average molecular weight is 300 g/mol. The molecule has 2 aromatic rings. The van der Waals surface area contributed by atoms with Crippen LogP contribution in [0.2, 0.25) is 0 Å². The van der Waals surface area contributed by atoms with E-state index in [4.69, 9.17) is 0 Å². The number of nitrogens with zero attached hydrogens (tertiary/aromatic N) is 1. The number of aromatic amines is 1. The minimum Gasteiger partial charge on any atom is -0.480 e. The van der Waals surface area contributed by atoms with Crippen molar-refractivity contribution in [3.05, 3.63) is 35.5 Å². The largest absolute Gasteiger partial charge is 0.480 e. The van der Waals surface area contributed by atoms with E-state index in [2.05, 4.69) is 4.98 Å². The highest BCUT2D eigenvalue weighted by Crippen LogP contribution is 2.30. The summed E-state index contributed by atoms with van der Waals surface area (Å²) in [7, 11) is 0. The van der Waals surface area contributed by atoms with Crippen molar-refractivity contribution in [1.82, 2.24) is 9.88 Å². The Hall–Kier alpha value is -2.30. The van der Waals surface area contributed by atoms with Crippen LogP contribution < -0.4 is 0 Å².